The molecule has 0 bridgehead atoms. The highest BCUT2D eigenvalue weighted by molar-refractivity contribution is 5.68. The maximum absolute atomic E-state index is 12.2. The van der Waals surface area contributed by atoms with Gasteiger partial charge >= 0.3 is 6.09 Å². The molecule has 2 heterocycles. The molecule has 0 spiro atoms. The molecular formula is C14H26N2O2. The number of ether oxygens (including phenoxy) is 1. The summed E-state index contributed by atoms with van der Waals surface area (Å²) in [6.45, 7) is 9.85. The van der Waals surface area contributed by atoms with Gasteiger partial charge in [-0.2, -0.15) is 0 Å². The van der Waals surface area contributed by atoms with Crippen LogP contribution >= 0.6 is 0 Å². The molecule has 1 N–H and O–H groups in total. The number of carbonyl (C=O) groups is 1. The van der Waals surface area contributed by atoms with Crippen molar-refractivity contribution in [1.29, 1.82) is 0 Å². The minimum atomic E-state index is -0.404. The molecule has 2 aliphatic rings. The summed E-state index contributed by atoms with van der Waals surface area (Å²) in [7, 11) is 0. The summed E-state index contributed by atoms with van der Waals surface area (Å²) in [5.41, 5.74) is -0.404. The smallest absolute Gasteiger partial charge is 0.410 e. The molecule has 0 aromatic rings. The Balaban J connectivity index is 1.98. The van der Waals surface area contributed by atoms with Crippen LogP contribution in [-0.2, 0) is 4.74 Å². The van der Waals surface area contributed by atoms with E-state index in [1.807, 2.05) is 25.7 Å². The quantitative estimate of drug-likeness (QED) is 0.721. The van der Waals surface area contributed by atoms with Crippen LogP contribution in [0.3, 0.4) is 0 Å². The molecule has 2 fully saturated rings. The van der Waals surface area contributed by atoms with Crippen molar-refractivity contribution in [2.45, 2.75) is 64.6 Å². The zero-order chi connectivity index (χ0) is 13.3. The number of fused-ring (bicyclic) bond motifs is 1. The number of likely N-dealkylation sites (tertiary alicyclic amines) is 1. The number of nitrogens with zero attached hydrogens (tertiary/aromatic N) is 1. The van der Waals surface area contributed by atoms with Gasteiger partial charge in [0.25, 0.3) is 0 Å². The van der Waals surface area contributed by atoms with Crippen molar-refractivity contribution in [3.8, 4) is 0 Å². The summed E-state index contributed by atoms with van der Waals surface area (Å²) in [6, 6.07) is 0.860. The highest BCUT2D eigenvalue weighted by atomic mass is 16.6. The van der Waals surface area contributed by atoms with Crippen molar-refractivity contribution in [3.05, 3.63) is 0 Å². The first-order chi connectivity index (χ1) is 8.37. The minimum absolute atomic E-state index is 0.154. The summed E-state index contributed by atoms with van der Waals surface area (Å²) in [5, 5.41) is 3.58. The lowest BCUT2D eigenvalue weighted by molar-refractivity contribution is -0.00286. The van der Waals surface area contributed by atoms with Crippen LogP contribution in [0.2, 0.25) is 0 Å². The Morgan fingerprint density at radius 2 is 2.11 bits per heavy atom. The van der Waals surface area contributed by atoms with Gasteiger partial charge in [-0.3, -0.25) is 0 Å². The van der Waals surface area contributed by atoms with E-state index in [9.17, 15) is 4.79 Å². The van der Waals surface area contributed by atoms with E-state index in [1.54, 1.807) is 0 Å². The predicted octanol–water partition coefficient (Wildman–Crippen LogP) is 2.38. The van der Waals surface area contributed by atoms with Crippen LogP contribution in [0.15, 0.2) is 0 Å². The van der Waals surface area contributed by atoms with Crippen molar-refractivity contribution in [2.75, 3.05) is 13.1 Å². The van der Waals surface area contributed by atoms with Crippen LogP contribution in [0, 0.1) is 5.92 Å². The third-order valence-corrected chi connectivity index (χ3v) is 3.91. The molecule has 4 heteroatoms. The first-order valence-electron chi connectivity index (χ1n) is 7.10. The first-order valence-corrected chi connectivity index (χ1v) is 7.10. The summed E-state index contributed by atoms with van der Waals surface area (Å²) in [4.78, 5) is 14.1. The van der Waals surface area contributed by atoms with Crippen LogP contribution in [-0.4, -0.2) is 41.8 Å². The average molecular weight is 254 g/mol. The Labute approximate surface area is 110 Å². The highest BCUT2D eigenvalue weighted by Gasteiger charge is 2.38. The Hall–Kier alpha value is -0.770. The fraction of sp³-hybridized carbons (Fsp3) is 0.929. The SMILES string of the molecule is CC1CC2NCCCC2CN1C(=O)OC(C)(C)C. The van der Waals surface area contributed by atoms with Gasteiger partial charge in [-0.1, -0.05) is 0 Å². The lowest BCUT2D eigenvalue weighted by atomic mass is 9.83. The Morgan fingerprint density at radius 1 is 1.39 bits per heavy atom. The van der Waals surface area contributed by atoms with E-state index >= 15 is 0 Å². The maximum atomic E-state index is 12.2. The maximum Gasteiger partial charge on any atom is 0.410 e. The van der Waals surface area contributed by atoms with Gasteiger partial charge in [0.05, 0.1) is 0 Å². The van der Waals surface area contributed by atoms with Crippen LogP contribution in [0.4, 0.5) is 4.79 Å². The molecule has 1 amide bonds. The molecule has 18 heavy (non-hydrogen) atoms. The van der Waals surface area contributed by atoms with E-state index in [2.05, 4.69) is 12.2 Å². The van der Waals surface area contributed by atoms with Gasteiger partial charge in [0.2, 0.25) is 0 Å². The fourth-order valence-corrected chi connectivity index (χ4v) is 3.02. The summed E-state index contributed by atoms with van der Waals surface area (Å²) >= 11 is 0. The monoisotopic (exact) mass is 254 g/mol. The fourth-order valence-electron chi connectivity index (χ4n) is 3.02. The molecule has 4 nitrogen and oxygen atoms in total. The van der Waals surface area contributed by atoms with Crippen molar-refractivity contribution in [2.24, 2.45) is 5.92 Å². The highest BCUT2D eigenvalue weighted by Crippen LogP contribution is 2.29. The van der Waals surface area contributed by atoms with E-state index in [0.29, 0.717) is 12.0 Å². The number of nitrogens with one attached hydrogen (secondary N) is 1. The van der Waals surface area contributed by atoms with E-state index in [0.717, 1.165) is 19.5 Å². The predicted molar refractivity (Wildman–Crippen MR) is 71.5 cm³/mol. The number of hydrogen-bond donors (Lipinski definition) is 1. The summed E-state index contributed by atoms with van der Waals surface area (Å²) < 4.78 is 5.49. The van der Waals surface area contributed by atoms with Crippen molar-refractivity contribution < 1.29 is 9.53 Å². The molecule has 3 atom stereocenters. The zero-order valence-corrected chi connectivity index (χ0v) is 12.0. The van der Waals surface area contributed by atoms with Crippen molar-refractivity contribution in [1.82, 2.24) is 10.2 Å². The minimum Gasteiger partial charge on any atom is -0.444 e. The van der Waals surface area contributed by atoms with Gasteiger partial charge in [0, 0.05) is 18.6 Å². The molecule has 0 saturated carbocycles. The Morgan fingerprint density at radius 3 is 2.78 bits per heavy atom. The molecule has 3 unspecified atom stereocenters. The van der Waals surface area contributed by atoms with E-state index in [-0.39, 0.29) is 12.1 Å². The third-order valence-electron chi connectivity index (χ3n) is 3.91. The van der Waals surface area contributed by atoms with Crippen LogP contribution in [0.1, 0.15) is 47.0 Å². The molecular weight excluding hydrogens is 228 g/mol. The Kier molecular flexibility index (Phi) is 3.85. The lowest BCUT2D eigenvalue weighted by Crippen LogP contribution is -2.57. The van der Waals surface area contributed by atoms with E-state index < -0.39 is 5.60 Å². The second-order valence-electron chi connectivity index (χ2n) is 6.68. The number of hydrogen-bond acceptors (Lipinski definition) is 3. The summed E-state index contributed by atoms with van der Waals surface area (Å²) in [6.07, 6.45) is 3.34. The van der Waals surface area contributed by atoms with Gasteiger partial charge in [-0.15, -0.1) is 0 Å². The molecule has 0 aliphatic carbocycles. The molecule has 2 aliphatic heterocycles. The molecule has 2 saturated heterocycles. The van der Waals surface area contributed by atoms with Crippen LogP contribution in [0.5, 0.6) is 0 Å². The van der Waals surface area contributed by atoms with Gasteiger partial charge in [-0.25, -0.2) is 4.79 Å². The van der Waals surface area contributed by atoms with E-state index in [1.165, 1.54) is 12.8 Å². The standard InChI is InChI=1S/C14H26N2O2/c1-10-8-12-11(6-5-7-15-12)9-16(10)13(17)18-14(2,3)4/h10-12,15H,5-9H2,1-4H3. The van der Waals surface area contributed by atoms with Crippen LogP contribution < -0.4 is 5.32 Å². The van der Waals surface area contributed by atoms with Gasteiger partial charge in [0.15, 0.2) is 0 Å². The average Bonchev–Trinajstić information content (AvgIpc) is 2.25. The Bertz CT molecular complexity index is 311. The number of rotatable bonds is 0. The molecule has 104 valence electrons. The topological polar surface area (TPSA) is 41.6 Å². The van der Waals surface area contributed by atoms with E-state index in [4.69, 9.17) is 4.74 Å². The van der Waals surface area contributed by atoms with Gasteiger partial charge in [-0.05, 0) is 59.4 Å². The normalized spacial score (nSPS) is 32.9. The zero-order valence-electron chi connectivity index (χ0n) is 12.0. The second-order valence-corrected chi connectivity index (χ2v) is 6.68. The molecule has 0 radical (unpaired) electrons. The number of piperidine rings is 2. The van der Waals surface area contributed by atoms with Gasteiger partial charge < -0.3 is 15.0 Å². The summed E-state index contributed by atoms with van der Waals surface area (Å²) in [5.74, 6) is 0.600. The lowest BCUT2D eigenvalue weighted by Gasteiger charge is -2.45. The van der Waals surface area contributed by atoms with Crippen molar-refractivity contribution >= 4 is 6.09 Å². The first kappa shape index (κ1) is 13.7. The number of carbonyl (C=O) groups excluding carboxylic acids is 1. The van der Waals surface area contributed by atoms with Crippen LogP contribution in [0.25, 0.3) is 0 Å². The molecule has 2 rings (SSSR count). The van der Waals surface area contributed by atoms with Gasteiger partial charge in [0.1, 0.15) is 5.60 Å². The third kappa shape index (κ3) is 3.16. The second kappa shape index (κ2) is 5.08. The molecule has 0 aromatic carbocycles. The molecule has 0 aromatic heterocycles. The van der Waals surface area contributed by atoms with Crippen molar-refractivity contribution in [3.63, 3.8) is 0 Å². The largest absolute Gasteiger partial charge is 0.444 e. The number of amides is 1.